The van der Waals surface area contributed by atoms with Gasteiger partial charge in [0, 0.05) is 5.56 Å². The van der Waals surface area contributed by atoms with E-state index in [9.17, 15) is 5.11 Å². The van der Waals surface area contributed by atoms with Crippen molar-refractivity contribution in [1.29, 1.82) is 0 Å². The van der Waals surface area contributed by atoms with Crippen LogP contribution in [-0.2, 0) is 0 Å². The van der Waals surface area contributed by atoms with Crippen molar-refractivity contribution in [2.75, 3.05) is 0 Å². The van der Waals surface area contributed by atoms with Crippen LogP contribution in [0.1, 0.15) is 34.2 Å². The van der Waals surface area contributed by atoms with Gasteiger partial charge in [0.1, 0.15) is 6.10 Å². The number of hydrogen-bond acceptors (Lipinski definition) is 3. The third kappa shape index (κ3) is 2.50. The van der Waals surface area contributed by atoms with Crippen molar-refractivity contribution in [3.8, 4) is 0 Å². The van der Waals surface area contributed by atoms with Crippen molar-refractivity contribution in [2.24, 2.45) is 0 Å². The Morgan fingerprint density at radius 3 is 2.29 bits per heavy atom. The molecule has 0 radical (unpaired) electrons. The van der Waals surface area contributed by atoms with Crippen molar-refractivity contribution in [3.05, 3.63) is 58.4 Å². The quantitative estimate of drug-likeness (QED) is 0.859. The van der Waals surface area contributed by atoms with Gasteiger partial charge in [0.05, 0.1) is 11.4 Å². The van der Waals surface area contributed by atoms with Crippen molar-refractivity contribution >= 4 is 0 Å². The first-order valence-electron chi connectivity index (χ1n) is 5.63. The Kier molecular flexibility index (Phi) is 3.20. The normalized spacial score (nSPS) is 12.5. The standard InChI is InChI=1S/C14H16N2O/c1-9-4-6-12(7-5-9)14(17)13-8-10(2)15-16-11(13)3/h4-8,14,17H,1-3H3. The summed E-state index contributed by atoms with van der Waals surface area (Å²) in [5, 5.41) is 18.3. The van der Waals surface area contributed by atoms with E-state index >= 15 is 0 Å². The van der Waals surface area contributed by atoms with Crippen LogP contribution in [-0.4, -0.2) is 15.3 Å². The molecule has 1 N–H and O–H groups in total. The van der Waals surface area contributed by atoms with E-state index in [1.165, 1.54) is 5.56 Å². The van der Waals surface area contributed by atoms with E-state index in [-0.39, 0.29) is 0 Å². The smallest absolute Gasteiger partial charge is 0.106 e. The Morgan fingerprint density at radius 1 is 1.00 bits per heavy atom. The fourth-order valence-electron chi connectivity index (χ4n) is 1.78. The third-order valence-corrected chi connectivity index (χ3v) is 2.83. The van der Waals surface area contributed by atoms with Gasteiger partial charge in [0.15, 0.2) is 0 Å². The summed E-state index contributed by atoms with van der Waals surface area (Å²) in [6, 6.07) is 9.75. The molecule has 0 bridgehead atoms. The molecule has 1 aromatic heterocycles. The molecule has 0 fully saturated rings. The molecule has 0 aliphatic rings. The molecule has 0 saturated carbocycles. The summed E-state index contributed by atoms with van der Waals surface area (Å²) in [5.41, 5.74) is 4.47. The van der Waals surface area contributed by atoms with E-state index in [1.54, 1.807) is 0 Å². The van der Waals surface area contributed by atoms with Crippen LogP contribution in [0.5, 0.6) is 0 Å². The van der Waals surface area contributed by atoms with Crippen LogP contribution in [0.3, 0.4) is 0 Å². The number of rotatable bonds is 2. The number of aliphatic hydroxyl groups is 1. The first-order valence-corrected chi connectivity index (χ1v) is 5.63. The molecule has 0 amide bonds. The van der Waals surface area contributed by atoms with Crippen LogP contribution in [0.25, 0.3) is 0 Å². The largest absolute Gasteiger partial charge is 0.384 e. The Balaban J connectivity index is 2.39. The molecule has 1 atom stereocenters. The molecule has 0 aliphatic carbocycles. The monoisotopic (exact) mass is 228 g/mol. The van der Waals surface area contributed by atoms with Crippen LogP contribution in [0.4, 0.5) is 0 Å². The lowest BCUT2D eigenvalue weighted by molar-refractivity contribution is 0.218. The summed E-state index contributed by atoms with van der Waals surface area (Å²) in [6.45, 7) is 5.76. The predicted octanol–water partition coefficient (Wildman–Crippen LogP) is 2.48. The van der Waals surface area contributed by atoms with Crippen LogP contribution in [0.15, 0.2) is 30.3 Å². The van der Waals surface area contributed by atoms with Crippen LogP contribution in [0, 0.1) is 20.8 Å². The highest BCUT2D eigenvalue weighted by molar-refractivity contribution is 5.33. The highest BCUT2D eigenvalue weighted by Gasteiger charge is 2.14. The SMILES string of the molecule is Cc1ccc(C(O)c2cc(C)nnc2C)cc1. The lowest BCUT2D eigenvalue weighted by Gasteiger charge is -2.13. The van der Waals surface area contributed by atoms with Gasteiger partial charge in [-0.2, -0.15) is 10.2 Å². The Hall–Kier alpha value is -1.74. The second kappa shape index (κ2) is 4.63. The molecule has 3 nitrogen and oxygen atoms in total. The van der Waals surface area contributed by atoms with Gasteiger partial charge >= 0.3 is 0 Å². The van der Waals surface area contributed by atoms with Gasteiger partial charge < -0.3 is 5.11 Å². The van der Waals surface area contributed by atoms with E-state index in [4.69, 9.17) is 0 Å². The number of hydrogen-bond donors (Lipinski definition) is 1. The maximum atomic E-state index is 10.3. The zero-order chi connectivity index (χ0) is 12.4. The molecule has 1 unspecified atom stereocenters. The van der Waals surface area contributed by atoms with Gasteiger partial charge in [-0.1, -0.05) is 29.8 Å². The summed E-state index contributed by atoms with van der Waals surface area (Å²) < 4.78 is 0. The Bertz CT molecular complexity index is 520. The van der Waals surface area contributed by atoms with Crippen molar-refractivity contribution in [1.82, 2.24) is 10.2 Å². The van der Waals surface area contributed by atoms with Crippen molar-refractivity contribution in [2.45, 2.75) is 26.9 Å². The first-order chi connectivity index (χ1) is 8.08. The number of aryl methyl sites for hydroxylation is 3. The van der Waals surface area contributed by atoms with Crippen molar-refractivity contribution in [3.63, 3.8) is 0 Å². The van der Waals surface area contributed by atoms with E-state index in [0.29, 0.717) is 0 Å². The summed E-state index contributed by atoms with van der Waals surface area (Å²) in [4.78, 5) is 0. The van der Waals surface area contributed by atoms with Gasteiger partial charge in [0.25, 0.3) is 0 Å². The summed E-state index contributed by atoms with van der Waals surface area (Å²) in [7, 11) is 0. The minimum Gasteiger partial charge on any atom is -0.384 e. The molecular weight excluding hydrogens is 212 g/mol. The van der Waals surface area contributed by atoms with Crippen molar-refractivity contribution < 1.29 is 5.11 Å². The lowest BCUT2D eigenvalue weighted by atomic mass is 9.99. The number of nitrogens with zero attached hydrogens (tertiary/aromatic N) is 2. The molecule has 17 heavy (non-hydrogen) atoms. The molecule has 0 spiro atoms. The summed E-state index contributed by atoms with van der Waals surface area (Å²) in [6.07, 6.45) is -0.634. The van der Waals surface area contributed by atoms with E-state index < -0.39 is 6.10 Å². The third-order valence-electron chi connectivity index (χ3n) is 2.83. The van der Waals surface area contributed by atoms with Gasteiger partial charge in [-0.3, -0.25) is 0 Å². The molecule has 3 heteroatoms. The second-order valence-corrected chi connectivity index (χ2v) is 4.34. The molecule has 0 aliphatic heterocycles. The van der Waals surface area contributed by atoms with Crippen LogP contribution in [0.2, 0.25) is 0 Å². The molecule has 0 saturated heterocycles. The average molecular weight is 228 g/mol. The van der Waals surface area contributed by atoms with Gasteiger partial charge in [-0.25, -0.2) is 0 Å². The van der Waals surface area contributed by atoms with E-state index in [1.807, 2.05) is 51.1 Å². The Morgan fingerprint density at radius 2 is 1.65 bits per heavy atom. The van der Waals surface area contributed by atoms with E-state index in [0.717, 1.165) is 22.5 Å². The minimum atomic E-state index is -0.634. The highest BCUT2D eigenvalue weighted by Crippen LogP contribution is 2.24. The topological polar surface area (TPSA) is 46.0 Å². The van der Waals surface area contributed by atoms with Gasteiger partial charge in [-0.05, 0) is 32.4 Å². The molecule has 1 aromatic carbocycles. The molecule has 1 heterocycles. The summed E-state index contributed by atoms with van der Waals surface area (Å²) >= 11 is 0. The highest BCUT2D eigenvalue weighted by atomic mass is 16.3. The number of aliphatic hydroxyl groups excluding tert-OH is 1. The molecule has 2 rings (SSSR count). The molecular formula is C14H16N2O. The fourth-order valence-corrected chi connectivity index (χ4v) is 1.78. The lowest BCUT2D eigenvalue weighted by Crippen LogP contribution is -2.05. The predicted molar refractivity (Wildman–Crippen MR) is 66.7 cm³/mol. The van der Waals surface area contributed by atoms with Crippen LogP contribution < -0.4 is 0 Å². The number of benzene rings is 1. The number of aromatic nitrogens is 2. The minimum absolute atomic E-state index is 0.634. The zero-order valence-corrected chi connectivity index (χ0v) is 10.3. The molecule has 88 valence electrons. The summed E-state index contributed by atoms with van der Waals surface area (Å²) in [5.74, 6) is 0. The fraction of sp³-hybridized carbons (Fsp3) is 0.286. The average Bonchev–Trinajstić information content (AvgIpc) is 2.32. The van der Waals surface area contributed by atoms with E-state index in [2.05, 4.69) is 10.2 Å². The zero-order valence-electron chi connectivity index (χ0n) is 10.3. The van der Waals surface area contributed by atoms with Gasteiger partial charge in [0.2, 0.25) is 0 Å². The maximum absolute atomic E-state index is 10.3. The maximum Gasteiger partial charge on any atom is 0.106 e. The van der Waals surface area contributed by atoms with Crippen LogP contribution >= 0.6 is 0 Å². The Labute approximate surface area is 101 Å². The first kappa shape index (κ1) is 11.7. The van der Waals surface area contributed by atoms with Gasteiger partial charge in [-0.15, -0.1) is 0 Å². The second-order valence-electron chi connectivity index (χ2n) is 4.34. The molecule has 2 aromatic rings.